The van der Waals surface area contributed by atoms with Crippen LogP contribution in [0, 0.1) is 5.82 Å². The summed E-state index contributed by atoms with van der Waals surface area (Å²) in [6, 6.07) is 11.4. The summed E-state index contributed by atoms with van der Waals surface area (Å²) in [4.78, 5) is 11.8. The number of aryl methyl sites for hydroxylation is 1. The number of carbonyl (C=O) groups is 1. The lowest BCUT2D eigenvalue weighted by Crippen LogP contribution is -2.13. The number of anilines is 1. The van der Waals surface area contributed by atoms with Gasteiger partial charge in [0.25, 0.3) is 0 Å². The van der Waals surface area contributed by atoms with Gasteiger partial charge >= 0.3 is 0 Å². The Balaban J connectivity index is 1.92. The minimum atomic E-state index is -0.446. The molecule has 0 unspecified atom stereocenters. The summed E-state index contributed by atoms with van der Waals surface area (Å²) >= 11 is 6.02. The third kappa shape index (κ3) is 4.20. The Bertz CT molecular complexity index is 646. The van der Waals surface area contributed by atoms with Gasteiger partial charge in [-0.05, 0) is 36.2 Å². The fourth-order valence-corrected chi connectivity index (χ4v) is 2.18. The van der Waals surface area contributed by atoms with E-state index in [-0.39, 0.29) is 18.0 Å². The van der Waals surface area contributed by atoms with E-state index in [1.54, 1.807) is 31.4 Å². The number of halogens is 2. The highest BCUT2D eigenvalue weighted by Gasteiger charge is 2.08. The molecule has 0 saturated heterocycles. The zero-order valence-corrected chi connectivity index (χ0v) is 12.3. The van der Waals surface area contributed by atoms with Gasteiger partial charge in [-0.1, -0.05) is 29.8 Å². The second kappa shape index (κ2) is 7.09. The van der Waals surface area contributed by atoms with Gasteiger partial charge in [-0.2, -0.15) is 0 Å². The average molecular weight is 308 g/mol. The summed E-state index contributed by atoms with van der Waals surface area (Å²) < 4.78 is 18.5. The van der Waals surface area contributed by atoms with Crippen molar-refractivity contribution < 1.29 is 13.9 Å². The van der Waals surface area contributed by atoms with Gasteiger partial charge in [-0.3, -0.25) is 4.79 Å². The Morgan fingerprint density at radius 2 is 2.05 bits per heavy atom. The van der Waals surface area contributed by atoms with E-state index in [0.717, 1.165) is 5.56 Å². The van der Waals surface area contributed by atoms with Gasteiger partial charge in [0, 0.05) is 6.42 Å². The Kier molecular flexibility index (Phi) is 5.17. The molecular weight excluding hydrogens is 293 g/mol. The highest BCUT2D eigenvalue weighted by Crippen LogP contribution is 2.25. The van der Waals surface area contributed by atoms with Crippen molar-refractivity contribution in [1.29, 1.82) is 0 Å². The number of hydrogen-bond acceptors (Lipinski definition) is 2. The van der Waals surface area contributed by atoms with Crippen molar-refractivity contribution in [2.24, 2.45) is 0 Å². The van der Waals surface area contributed by atoms with Gasteiger partial charge in [-0.25, -0.2) is 4.39 Å². The highest BCUT2D eigenvalue weighted by atomic mass is 35.5. The topological polar surface area (TPSA) is 38.3 Å². The summed E-state index contributed by atoms with van der Waals surface area (Å²) in [6.45, 7) is 0. The molecule has 2 rings (SSSR count). The quantitative estimate of drug-likeness (QED) is 0.904. The zero-order chi connectivity index (χ0) is 15.2. The number of methoxy groups -OCH3 is 1. The Morgan fingerprint density at radius 3 is 2.71 bits per heavy atom. The lowest BCUT2D eigenvalue weighted by molar-refractivity contribution is -0.116. The van der Waals surface area contributed by atoms with E-state index in [2.05, 4.69) is 5.32 Å². The van der Waals surface area contributed by atoms with E-state index >= 15 is 0 Å². The van der Waals surface area contributed by atoms with Gasteiger partial charge < -0.3 is 10.1 Å². The molecule has 0 aliphatic carbocycles. The van der Waals surface area contributed by atoms with Crippen LogP contribution in [0.15, 0.2) is 42.5 Å². The number of nitrogens with one attached hydrogen (secondary N) is 1. The minimum Gasteiger partial charge on any atom is -0.495 e. The standard InChI is InChI=1S/C16H15ClFNO2/c1-21-15-8-6-11(10-12(15)17)7-9-16(20)19-14-5-3-2-4-13(14)18/h2-6,8,10H,7,9H2,1H3,(H,19,20). The lowest BCUT2D eigenvalue weighted by Gasteiger charge is -2.08. The van der Waals surface area contributed by atoms with Crippen LogP contribution >= 0.6 is 11.6 Å². The molecule has 0 radical (unpaired) electrons. The van der Waals surface area contributed by atoms with Crippen molar-refractivity contribution in [2.75, 3.05) is 12.4 Å². The van der Waals surface area contributed by atoms with Crippen molar-refractivity contribution in [1.82, 2.24) is 0 Å². The van der Waals surface area contributed by atoms with Crippen molar-refractivity contribution in [3.05, 3.63) is 58.9 Å². The molecule has 0 aromatic heterocycles. The first kappa shape index (κ1) is 15.3. The average Bonchev–Trinajstić information content (AvgIpc) is 2.48. The number of hydrogen-bond donors (Lipinski definition) is 1. The molecule has 1 N–H and O–H groups in total. The molecule has 0 spiro atoms. The Morgan fingerprint density at radius 1 is 1.29 bits per heavy atom. The highest BCUT2D eigenvalue weighted by molar-refractivity contribution is 6.32. The maximum Gasteiger partial charge on any atom is 0.224 e. The van der Waals surface area contributed by atoms with Gasteiger partial charge in [0.15, 0.2) is 0 Å². The molecule has 110 valence electrons. The summed E-state index contributed by atoms with van der Waals surface area (Å²) in [5.74, 6) is -0.0957. The van der Waals surface area contributed by atoms with Gasteiger partial charge in [-0.15, -0.1) is 0 Å². The number of rotatable bonds is 5. The Hall–Kier alpha value is -2.07. The summed E-state index contributed by atoms with van der Waals surface area (Å²) in [7, 11) is 1.54. The van der Waals surface area contributed by atoms with Crippen molar-refractivity contribution in [2.45, 2.75) is 12.8 Å². The first-order valence-corrected chi connectivity index (χ1v) is 6.84. The lowest BCUT2D eigenvalue weighted by atomic mass is 10.1. The van der Waals surface area contributed by atoms with Crippen molar-refractivity contribution >= 4 is 23.2 Å². The largest absolute Gasteiger partial charge is 0.495 e. The molecule has 21 heavy (non-hydrogen) atoms. The first-order valence-electron chi connectivity index (χ1n) is 6.47. The Labute approximate surface area is 127 Å². The van der Waals surface area contributed by atoms with Crippen LogP contribution in [0.5, 0.6) is 5.75 Å². The predicted molar refractivity (Wildman–Crippen MR) is 81.4 cm³/mol. The molecule has 0 atom stereocenters. The van der Waals surface area contributed by atoms with Crippen LogP contribution in [0.2, 0.25) is 5.02 Å². The second-order valence-electron chi connectivity index (χ2n) is 4.50. The van der Waals surface area contributed by atoms with E-state index in [4.69, 9.17) is 16.3 Å². The van der Waals surface area contributed by atoms with Gasteiger partial charge in [0.1, 0.15) is 11.6 Å². The van der Waals surface area contributed by atoms with Crippen LogP contribution in [-0.2, 0) is 11.2 Å². The van der Waals surface area contributed by atoms with Crippen LogP contribution in [0.4, 0.5) is 10.1 Å². The van der Waals surface area contributed by atoms with E-state index in [1.807, 2.05) is 6.07 Å². The van der Waals surface area contributed by atoms with Crippen LogP contribution in [0.25, 0.3) is 0 Å². The fraction of sp³-hybridized carbons (Fsp3) is 0.188. The minimum absolute atomic E-state index is 0.190. The van der Waals surface area contributed by atoms with E-state index in [0.29, 0.717) is 17.2 Å². The van der Waals surface area contributed by atoms with E-state index < -0.39 is 5.82 Å². The first-order chi connectivity index (χ1) is 10.1. The summed E-state index contributed by atoms with van der Waals surface area (Å²) in [6.07, 6.45) is 0.765. The summed E-state index contributed by atoms with van der Waals surface area (Å²) in [5, 5.41) is 3.05. The molecule has 0 fully saturated rings. The van der Waals surface area contributed by atoms with E-state index in [1.165, 1.54) is 12.1 Å². The molecule has 1 amide bonds. The number of ether oxygens (including phenoxy) is 1. The van der Waals surface area contributed by atoms with Crippen molar-refractivity contribution in [3.63, 3.8) is 0 Å². The number of para-hydroxylation sites is 1. The maximum atomic E-state index is 13.4. The van der Waals surface area contributed by atoms with Gasteiger partial charge in [0.2, 0.25) is 5.91 Å². The molecule has 0 bridgehead atoms. The molecule has 0 aliphatic rings. The van der Waals surface area contributed by atoms with Crippen LogP contribution in [0.3, 0.4) is 0 Å². The fourth-order valence-electron chi connectivity index (χ4n) is 1.90. The molecule has 0 heterocycles. The molecule has 0 saturated carbocycles. The molecular formula is C16H15ClFNO2. The maximum absolute atomic E-state index is 13.4. The third-order valence-corrected chi connectivity index (χ3v) is 3.30. The monoisotopic (exact) mass is 307 g/mol. The van der Waals surface area contributed by atoms with Crippen molar-refractivity contribution in [3.8, 4) is 5.75 Å². The number of carbonyl (C=O) groups excluding carboxylic acids is 1. The van der Waals surface area contributed by atoms with Crippen LogP contribution in [0.1, 0.15) is 12.0 Å². The second-order valence-corrected chi connectivity index (χ2v) is 4.90. The molecule has 2 aromatic carbocycles. The third-order valence-electron chi connectivity index (χ3n) is 3.00. The number of amides is 1. The van der Waals surface area contributed by atoms with E-state index in [9.17, 15) is 9.18 Å². The molecule has 3 nitrogen and oxygen atoms in total. The normalized spacial score (nSPS) is 10.2. The molecule has 0 aliphatic heterocycles. The smallest absolute Gasteiger partial charge is 0.224 e. The molecule has 2 aromatic rings. The zero-order valence-electron chi connectivity index (χ0n) is 11.5. The molecule has 5 heteroatoms. The van der Waals surface area contributed by atoms with Crippen LogP contribution in [-0.4, -0.2) is 13.0 Å². The van der Waals surface area contributed by atoms with Gasteiger partial charge in [0.05, 0.1) is 17.8 Å². The summed E-state index contributed by atoms with van der Waals surface area (Å²) in [5.41, 5.74) is 1.11. The van der Waals surface area contributed by atoms with Crippen LogP contribution < -0.4 is 10.1 Å². The number of benzene rings is 2. The SMILES string of the molecule is COc1ccc(CCC(=O)Nc2ccccc2F)cc1Cl. The predicted octanol–water partition coefficient (Wildman–Crippen LogP) is 4.06.